The predicted molar refractivity (Wildman–Crippen MR) is 264 cm³/mol. The van der Waals surface area contributed by atoms with Gasteiger partial charge in [0.2, 0.25) is 0 Å². The minimum atomic E-state index is 1.08. The lowest BCUT2D eigenvalue weighted by Crippen LogP contribution is -2.11. The fourth-order valence-electron chi connectivity index (χ4n) is 9.74. The summed E-state index contributed by atoms with van der Waals surface area (Å²) >= 11 is 0. The van der Waals surface area contributed by atoms with Crippen LogP contribution < -0.4 is 4.90 Å². The number of para-hydroxylation sites is 2. The average Bonchev–Trinajstić information content (AvgIpc) is 3.69. The number of rotatable bonds is 7. The van der Waals surface area contributed by atoms with E-state index in [0.717, 1.165) is 28.3 Å². The normalized spacial score (nSPS) is 11.5. The third-order valence-corrected chi connectivity index (χ3v) is 12.6. The van der Waals surface area contributed by atoms with Crippen molar-refractivity contribution in [3.63, 3.8) is 0 Å². The Kier molecular flexibility index (Phi) is 8.53. The standard InChI is InChI=1S/C60H40N2/c1-3-16-41(17-4-1)51-23-11-13-27-56(51)61(48-37-39-50-46(40-48)31-30-43-20-7-9-22-49(43)50)47-35-32-45(33-36-47)59-52(42-18-5-2-6-19-42)26-15-29-58(59)62-57-28-14-12-25-54(57)55-38-34-44-21-8-10-24-53(44)60(55)62/h1-40H. The smallest absolute Gasteiger partial charge is 0.0619 e. The fraction of sp³-hybridized carbons (Fsp3) is 0. The van der Waals surface area contributed by atoms with Gasteiger partial charge in [-0.05, 0) is 91.6 Å². The van der Waals surface area contributed by atoms with Gasteiger partial charge in [0.25, 0.3) is 0 Å². The van der Waals surface area contributed by atoms with Crippen LogP contribution in [0.25, 0.3) is 93.2 Å². The molecule has 0 N–H and O–H groups in total. The molecule has 0 aliphatic rings. The van der Waals surface area contributed by atoms with Crippen LogP contribution in [0.15, 0.2) is 243 Å². The van der Waals surface area contributed by atoms with Gasteiger partial charge in [-0.2, -0.15) is 0 Å². The molecule has 0 fully saturated rings. The summed E-state index contributed by atoms with van der Waals surface area (Å²) < 4.78 is 2.50. The Balaban J connectivity index is 1.09. The Morgan fingerprint density at radius 2 is 0.855 bits per heavy atom. The topological polar surface area (TPSA) is 8.17 Å². The highest BCUT2D eigenvalue weighted by molar-refractivity contribution is 6.19. The van der Waals surface area contributed by atoms with E-state index in [-0.39, 0.29) is 0 Å². The molecule has 0 aliphatic carbocycles. The molecule has 1 aromatic heterocycles. The number of fused-ring (bicyclic) bond motifs is 8. The van der Waals surface area contributed by atoms with E-state index in [1.54, 1.807) is 0 Å². The average molecular weight is 789 g/mol. The van der Waals surface area contributed by atoms with E-state index >= 15 is 0 Å². The van der Waals surface area contributed by atoms with Gasteiger partial charge >= 0.3 is 0 Å². The van der Waals surface area contributed by atoms with Crippen molar-refractivity contribution < 1.29 is 0 Å². The quantitative estimate of drug-likeness (QED) is 0.146. The van der Waals surface area contributed by atoms with Crippen LogP contribution in [0.5, 0.6) is 0 Å². The van der Waals surface area contributed by atoms with E-state index in [0.29, 0.717) is 0 Å². The highest BCUT2D eigenvalue weighted by atomic mass is 15.1. The van der Waals surface area contributed by atoms with Crippen LogP contribution >= 0.6 is 0 Å². The number of nitrogens with zero attached hydrogens (tertiary/aromatic N) is 2. The molecule has 0 aliphatic heterocycles. The van der Waals surface area contributed by atoms with E-state index in [1.807, 2.05) is 0 Å². The van der Waals surface area contributed by atoms with Crippen LogP contribution in [-0.4, -0.2) is 4.57 Å². The maximum atomic E-state index is 2.50. The van der Waals surface area contributed by atoms with Crippen LogP contribution in [-0.2, 0) is 0 Å². The van der Waals surface area contributed by atoms with Gasteiger partial charge in [-0.15, -0.1) is 0 Å². The van der Waals surface area contributed by atoms with Gasteiger partial charge in [0.15, 0.2) is 0 Å². The van der Waals surface area contributed by atoms with Crippen LogP contribution in [0.3, 0.4) is 0 Å². The molecule has 2 nitrogen and oxygen atoms in total. The summed E-state index contributed by atoms with van der Waals surface area (Å²) in [4.78, 5) is 2.42. The fourth-order valence-corrected chi connectivity index (χ4v) is 9.74. The molecule has 1 heterocycles. The van der Waals surface area contributed by atoms with Crippen LogP contribution in [0.1, 0.15) is 0 Å². The summed E-state index contributed by atoms with van der Waals surface area (Å²) in [5.74, 6) is 0. The summed E-state index contributed by atoms with van der Waals surface area (Å²) in [7, 11) is 0. The zero-order valence-electron chi connectivity index (χ0n) is 34.0. The van der Waals surface area contributed by atoms with E-state index in [9.17, 15) is 0 Å². The largest absolute Gasteiger partial charge is 0.310 e. The van der Waals surface area contributed by atoms with Crippen molar-refractivity contribution in [2.45, 2.75) is 0 Å². The Morgan fingerprint density at radius 3 is 1.65 bits per heavy atom. The number of anilines is 3. The monoisotopic (exact) mass is 788 g/mol. The van der Waals surface area contributed by atoms with Crippen molar-refractivity contribution in [1.29, 1.82) is 0 Å². The molecule has 0 atom stereocenters. The lowest BCUT2D eigenvalue weighted by atomic mass is 9.92. The van der Waals surface area contributed by atoms with Crippen molar-refractivity contribution in [2.75, 3.05) is 4.90 Å². The molecule has 0 bridgehead atoms. The summed E-state index contributed by atoms with van der Waals surface area (Å²) in [5, 5.41) is 9.94. The van der Waals surface area contributed by atoms with E-state index < -0.39 is 0 Å². The van der Waals surface area contributed by atoms with Crippen molar-refractivity contribution in [3.8, 4) is 39.1 Å². The van der Waals surface area contributed by atoms with Crippen LogP contribution in [0.4, 0.5) is 17.1 Å². The van der Waals surface area contributed by atoms with Crippen molar-refractivity contribution in [1.82, 2.24) is 4.57 Å². The van der Waals surface area contributed by atoms with Crippen molar-refractivity contribution in [2.24, 2.45) is 0 Å². The molecule has 290 valence electrons. The number of hydrogen-bond acceptors (Lipinski definition) is 1. The Bertz CT molecular complexity index is 3620. The Hall–Kier alpha value is -8.20. The molecule has 0 amide bonds. The number of hydrogen-bond donors (Lipinski definition) is 0. The van der Waals surface area contributed by atoms with Crippen molar-refractivity contribution >= 4 is 71.2 Å². The molecular weight excluding hydrogens is 749 g/mol. The lowest BCUT2D eigenvalue weighted by molar-refractivity contribution is 1.19. The zero-order valence-corrected chi connectivity index (χ0v) is 34.0. The molecule has 0 spiro atoms. The van der Waals surface area contributed by atoms with Crippen LogP contribution in [0, 0.1) is 0 Å². The first-order valence-electron chi connectivity index (χ1n) is 21.3. The van der Waals surface area contributed by atoms with Gasteiger partial charge in [-0.1, -0.05) is 200 Å². The molecule has 2 heteroatoms. The summed E-state index contributed by atoms with van der Waals surface area (Å²) in [6.07, 6.45) is 0. The van der Waals surface area contributed by atoms with E-state index in [2.05, 4.69) is 252 Å². The number of benzene rings is 11. The Labute approximate surface area is 360 Å². The molecule has 0 radical (unpaired) electrons. The maximum Gasteiger partial charge on any atom is 0.0619 e. The molecule has 62 heavy (non-hydrogen) atoms. The second-order valence-corrected chi connectivity index (χ2v) is 16.1. The highest BCUT2D eigenvalue weighted by Gasteiger charge is 2.22. The first kappa shape index (κ1) is 35.7. The van der Waals surface area contributed by atoms with E-state index in [1.165, 1.54) is 81.9 Å². The second-order valence-electron chi connectivity index (χ2n) is 16.1. The van der Waals surface area contributed by atoms with Crippen LogP contribution in [0.2, 0.25) is 0 Å². The summed E-state index contributed by atoms with van der Waals surface area (Å²) in [5.41, 5.74) is 13.9. The van der Waals surface area contributed by atoms with Gasteiger partial charge in [0.05, 0.1) is 22.4 Å². The molecule has 11 aromatic carbocycles. The molecule has 0 unspecified atom stereocenters. The highest BCUT2D eigenvalue weighted by Crippen LogP contribution is 2.46. The van der Waals surface area contributed by atoms with Gasteiger partial charge in [0, 0.05) is 38.7 Å². The van der Waals surface area contributed by atoms with E-state index in [4.69, 9.17) is 0 Å². The predicted octanol–water partition coefficient (Wildman–Crippen LogP) is 16.7. The molecule has 12 rings (SSSR count). The molecule has 12 aromatic rings. The van der Waals surface area contributed by atoms with Gasteiger partial charge in [-0.3, -0.25) is 0 Å². The lowest BCUT2D eigenvalue weighted by Gasteiger charge is -2.28. The van der Waals surface area contributed by atoms with Gasteiger partial charge in [0.1, 0.15) is 0 Å². The third kappa shape index (κ3) is 5.88. The van der Waals surface area contributed by atoms with Gasteiger partial charge in [-0.25, -0.2) is 0 Å². The van der Waals surface area contributed by atoms with Gasteiger partial charge < -0.3 is 9.47 Å². The minimum Gasteiger partial charge on any atom is -0.310 e. The third-order valence-electron chi connectivity index (χ3n) is 12.6. The SMILES string of the molecule is c1ccc(-c2ccccc2N(c2ccc(-c3c(-c4ccccc4)cccc3-n3c4ccccc4c4ccc5ccccc5c43)cc2)c2ccc3c(ccc4ccccc43)c2)cc1. The summed E-state index contributed by atoms with van der Waals surface area (Å²) in [6, 6.07) is 88.5. The first-order valence-corrected chi connectivity index (χ1v) is 21.3. The maximum absolute atomic E-state index is 2.50. The van der Waals surface area contributed by atoms with Crippen molar-refractivity contribution in [3.05, 3.63) is 243 Å². The molecular formula is C60H40N2. The first-order chi connectivity index (χ1) is 30.8. The zero-order chi connectivity index (χ0) is 41.0. The summed E-state index contributed by atoms with van der Waals surface area (Å²) in [6.45, 7) is 0. The number of aromatic nitrogens is 1. The second kappa shape index (κ2) is 14.8. The molecule has 0 saturated heterocycles. The molecule has 0 saturated carbocycles. The minimum absolute atomic E-state index is 1.08. The Morgan fingerprint density at radius 1 is 0.306 bits per heavy atom.